The number of aliphatic hydroxyl groups excluding tert-OH is 1. The molecule has 0 aliphatic rings. The van der Waals surface area contributed by atoms with Crippen LogP contribution in [-0.2, 0) is 10.0 Å². The van der Waals surface area contributed by atoms with Gasteiger partial charge in [0.15, 0.2) is 0 Å². The molecule has 0 saturated heterocycles. The minimum atomic E-state index is -4.43. The van der Waals surface area contributed by atoms with Crippen molar-refractivity contribution in [3.05, 3.63) is 0 Å². The predicted molar refractivity (Wildman–Crippen MR) is 48.5 cm³/mol. The second-order valence-corrected chi connectivity index (χ2v) is 4.92. The molecule has 0 rings (SSSR count). The van der Waals surface area contributed by atoms with Gasteiger partial charge in [-0.25, -0.2) is 12.7 Å². The summed E-state index contributed by atoms with van der Waals surface area (Å²) < 4.78 is 46.2. The predicted octanol–water partition coefficient (Wildman–Crippen LogP) is 0.633. The summed E-state index contributed by atoms with van der Waals surface area (Å²) in [4.78, 5) is 0. The normalized spacial score (nSPS) is 12.7. The highest BCUT2D eigenvalue weighted by molar-refractivity contribution is 7.89. The summed E-state index contributed by atoms with van der Waals surface area (Å²) in [6, 6.07) is 0. The van der Waals surface area contributed by atoms with Crippen LogP contribution in [0, 0.1) is 0 Å². The third-order valence-electron chi connectivity index (χ3n) is 1.79. The second-order valence-electron chi connectivity index (χ2n) is 2.91. The molecule has 0 aromatic rings. The van der Waals surface area contributed by atoms with Crippen LogP contribution in [0.15, 0.2) is 0 Å². The van der Waals surface area contributed by atoms with E-state index in [1.807, 2.05) is 0 Å². The molecule has 0 amide bonds. The SMILES string of the molecule is CN(CCCCCO)S(=O)(=O)C(F)F. The first kappa shape index (κ1) is 13.7. The van der Waals surface area contributed by atoms with Crippen molar-refractivity contribution in [2.45, 2.75) is 25.0 Å². The highest BCUT2D eigenvalue weighted by Crippen LogP contribution is 2.10. The molecule has 0 unspecified atom stereocenters. The highest BCUT2D eigenvalue weighted by Gasteiger charge is 2.28. The van der Waals surface area contributed by atoms with Crippen LogP contribution in [0.3, 0.4) is 0 Å². The molecule has 0 spiro atoms. The van der Waals surface area contributed by atoms with Gasteiger partial charge in [-0.15, -0.1) is 0 Å². The van der Waals surface area contributed by atoms with Crippen molar-refractivity contribution < 1.29 is 22.3 Å². The van der Waals surface area contributed by atoms with Crippen LogP contribution in [0.5, 0.6) is 0 Å². The Balaban J connectivity index is 3.90. The highest BCUT2D eigenvalue weighted by atomic mass is 32.2. The molecule has 0 aromatic carbocycles. The summed E-state index contributed by atoms with van der Waals surface area (Å²) >= 11 is 0. The Labute approximate surface area is 82.6 Å². The smallest absolute Gasteiger partial charge is 0.350 e. The number of halogens is 2. The fourth-order valence-corrected chi connectivity index (χ4v) is 1.54. The fraction of sp³-hybridized carbons (Fsp3) is 1.00. The van der Waals surface area contributed by atoms with E-state index >= 15 is 0 Å². The molecular formula is C7H15F2NO3S. The first-order valence-corrected chi connectivity index (χ1v) is 5.77. The lowest BCUT2D eigenvalue weighted by molar-refractivity contribution is 0.221. The lowest BCUT2D eigenvalue weighted by atomic mass is 10.2. The Kier molecular flexibility index (Phi) is 6.14. The Morgan fingerprint density at radius 1 is 1.29 bits per heavy atom. The molecule has 0 aliphatic carbocycles. The van der Waals surface area contributed by atoms with Crippen molar-refractivity contribution >= 4 is 10.0 Å². The first-order valence-electron chi connectivity index (χ1n) is 4.27. The number of sulfonamides is 1. The average molecular weight is 231 g/mol. The Morgan fingerprint density at radius 2 is 1.86 bits per heavy atom. The first-order chi connectivity index (χ1) is 6.42. The topological polar surface area (TPSA) is 57.6 Å². The van der Waals surface area contributed by atoms with Gasteiger partial charge >= 0.3 is 5.76 Å². The largest absolute Gasteiger partial charge is 0.396 e. The van der Waals surface area contributed by atoms with Gasteiger partial charge in [0.2, 0.25) is 0 Å². The van der Waals surface area contributed by atoms with E-state index in [1.165, 1.54) is 0 Å². The van der Waals surface area contributed by atoms with E-state index < -0.39 is 15.8 Å². The standard InChI is InChI=1S/C7H15F2NO3S/c1-10(5-3-2-4-6-11)14(12,13)7(8)9/h7,11H,2-6H2,1H3. The molecule has 0 radical (unpaired) electrons. The van der Waals surface area contributed by atoms with Crippen molar-refractivity contribution in [2.75, 3.05) is 20.2 Å². The van der Waals surface area contributed by atoms with E-state index in [9.17, 15) is 17.2 Å². The maximum absolute atomic E-state index is 12.0. The average Bonchev–Trinajstić information content (AvgIpc) is 2.11. The van der Waals surface area contributed by atoms with Crippen LogP contribution in [0.4, 0.5) is 8.78 Å². The molecule has 4 nitrogen and oxygen atoms in total. The maximum Gasteiger partial charge on any atom is 0.350 e. The molecule has 7 heteroatoms. The summed E-state index contributed by atoms with van der Waals surface area (Å²) in [5.41, 5.74) is 0. The zero-order chi connectivity index (χ0) is 11.2. The molecule has 0 bridgehead atoms. The van der Waals surface area contributed by atoms with Crippen molar-refractivity contribution in [1.29, 1.82) is 0 Å². The van der Waals surface area contributed by atoms with Crippen LogP contribution >= 0.6 is 0 Å². The minimum absolute atomic E-state index is 0.0330. The van der Waals surface area contributed by atoms with Crippen molar-refractivity contribution in [1.82, 2.24) is 4.31 Å². The number of aliphatic hydroxyl groups is 1. The van der Waals surface area contributed by atoms with E-state index in [0.717, 1.165) is 7.05 Å². The number of hydrogen-bond acceptors (Lipinski definition) is 3. The molecule has 0 fully saturated rings. The zero-order valence-electron chi connectivity index (χ0n) is 7.99. The molecular weight excluding hydrogens is 216 g/mol. The van der Waals surface area contributed by atoms with Gasteiger partial charge in [-0.3, -0.25) is 0 Å². The zero-order valence-corrected chi connectivity index (χ0v) is 8.80. The van der Waals surface area contributed by atoms with Gasteiger partial charge in [-0.1, -0.05) is 0 Å². The molecule has 14 heavy (non-hydrogen) atoms. The number of alkyl halides is 2. The van der Waals surface area contributed by atoms with Gasteiger partial charge in [0.25, 0.3) is 10.0 Å². The Bertz CT molecular complexity index is 243. The fourth-order valence-electron chi connectivity index (χ4n) is 0.886. The van der Waals surface area contributed by atoms with Crippen LogP contribution in [0.25, 0.3) is 0 Å². The molecule has 0 heterocycles. The van der Waals surface area contributed by atoms with E-state index in [2.05, 4.69) is 0 Å². The monoisotopic (exact) mass is 231 g/mol. The number of unbranched alkanes of at least 4 members (excludes halogenated alkanes) is 2. The number of hydrogen-bond donors (Lipinski definition) is 1. The molecule has 0 saturated carbocycles. The van der Waals surface area contributed by atoms with Gasteiger partial charge in [-0.2, -0.15) is 8.78 Å². The number of nitrogens with zero attached hydrogens (tertiary/aromatic N) is 1. The van der Waals surface area contributed by atoms with Gasteiger partial charge in [0.05, 0.1) is 0 Å². The molecule has 0 atom stereocenters. The van der Waals surface area contributed by atoms with E-state index in [1.54, 1.807) is 0 Å². The van der Waals surface area contributed by atoms with Gasteiger partial charge < -0.3 is 5.11 Å². The van der Waals surface area contributed by atoms with Crippen LogP contribution in [0.2, 0.25) is 0 Å². The Morgan fingerprint density at radius 3 is 2.29 bits per heavy atom. The summed E-state index contributed by atoms with van der Waals surface area (Å²) in [6.07, 6.45) is 1.66. The summed E-state index contributed by atoms with van der Waals surface area (Å²) in [5, 5.41) is 8.43. The van der Waals surface area contributed by atoms with Crippen LogP contribution in [-0.4, -0.2) is 43.8 Å². The lowest BCUT2D eigenvalue weighted by Crippen LogP contribution is -2.32. The van der Waals surface area contributed by atoms with Crippen LogP contribution in [0.1, 0.15) is 19.3 Å². The van der Waals surface area contributed by atoms with E-state index in [0.29, 0.717) is 23.6 Å². The summed E-state index contributed by atoms with van der Waals surface area (Å²) in [5.74, 6) is -3.36. The third kappa shape index (κ3) is 4.30. The molecule has 86 valence electrons. The van der Waals surface area contributed by atoms with Gasteiger partial charge in [0.1, 0.15) is 0 Å². The summed E-state index contributed by atoms with van der Waals surface area (Å²) in [6.45, 7) is 0.0952. The van der Waals surface area contributed by atoms with E-state index in [-0.39, 0.29) is 13.2 Å². The third-order valence-corrected chi connectivity index (χ3v) is 3.29. The van der Waals surface area contributed by atoms with Crippen molar-refractivity contribution in [3.63, 3.8) is 0 Å². The summed E-state index contributed by atoms with van der Waals surface area (Å²) in [7, 11) is -3.30. The number of rotatable bonds is 7. The molecule has 1 N–H and O–H groups in total. The van der Waals surface area contributed by atoms with Gasteiger partial charge in [-0.05, 0) is 19.3 Å². The van der Waals surface area contributed by atoms with Crippen molar-refractivity contribution in [3.8, 4) is 0 Å². The molecule has 0 aromatic heterocycles. The lowest BCUT2D eigenvalue weighted by Gasteiger charge is -2.15. The van der Waals surface area contributed by atoms with Gasteiger partial charge in [0, 0.05) is 20.2 Å². The molecule has 0 aliphatic heterocycles. The maximum atomic E-state index is 12.0. The quantitative estimate of drug-likeness (QED) is 0.654. The van der Waals surface area contributed by atoms with E-state index in [4.69, 9.17) is 5.11 Å². The van der Waals surface area contributed by atoms with Crippen molar-refractivity contribution in [2.24, 2.45) is 0 Å². The second kappa shape index (κ2) is 6.26. The Hall–Kier alpha value is -0.270. The minimum Gasteiger partial charge on any atom is -0.396 e. The van der Waals surface area contributed by atoms with Crippen LogP contribution < -0.4 is 0 Å².